The fraction of sp³-hybridized carbons (Fsp3) is 0.100. The molecule has 1 N–H and O–H groups in total. The number of rotatable bonds is 1. The first kappa shape index (κ1) is 7.98. The molecule has 0 spiro atoms. The Balaban J connectivity index is 2.76. The van der Waals surface area contributed by atoms with E-state index in [1.807, 2.05) is 0 Å². The number of hydrogen-bond acceptors (Lipinski definition) is 1. The van der Waals surface area contributed by atoms with Crippen LogP contribution in [-0.4, -0.2) is 10.8 Å². The average Bonchev–Trinajstić information content (AvgIpc) is 2.46. The van der Waals surface area contributed by atoms with Gasteiger partial charge >= 0.3 is 0 Å². The van der Waals surface area contributed by atoms with Gasteiger partial charge in [0.05, 0.1) is 0 Å². The summed E-state index contributed by atoms with van der Waals surface area (Å²) in [5, 5.41) is 0.772. The summed E-state index contributed by atoms with van der Waals surface area (Å²) >= 11 is 0. The van der Waals surface area contributed by atoms with Crippen LogP contribution in [0.25, 0.3) is 10.9 Å². The predicted molar refractivity (Wildman–Crippen MR) is 48.3 cm³/mol. The van der Waals surface area contributed by atoms with Crippen LogP contribution in [0.5, 0.6) is 0 Å². The number of nitrogens with one attached hydrogen (secondary N) is 1. The van der Waals surface area contributed by atoms with Crippen LogP contribution in [0, 0.1) is 5.82 Å². The highest BCUT2D eigenvalue weighted by molar-refractivity contribution is 6.06. The molecule has 0 saturated heterocycles. The molecule has 0 aliphatic carbocycles. The molecule has 0 fully saturated rings. The quantitative estimate of drug-likeness (QED) is 0.667. The van der Waals surface area contributed by atoms with Gasteiger partial charge in [0.25, 0.3) is 0 Å². The van der Waals surface area contributed by atoms with Gasteiger partial charge in [-0.1, -0.05) is 0 Å². The Morgan fingerprint density at radius 2 is 2.23 bits per heavy atom. The van der Waals surface area contributed by atoms with Crippen molar-refractivity contribution in [2.75, 3.05) is 0 Å². The van der Waals surface area contributed by atoms with E-state index in [1.54, 1.807) is 12.3 Å². The second-order valence-corrected chi connectivity index (χ2v) is 2.95. The highest BCUT2D eigenvalue weighted by Gasteiger charge is 2.07. The molecule has 0 aliphatic heterocycles. The number of Topliss-reactive ketones (excluding diaryl/α,β-unsaturated/α-hetero) is 1. The normalized spacial score (nSPS) is 10.6. The summed E-state index contributed by atoms with van der Waals surface area (Å²) in [6.45, 7) is 1.49. The molecule has 1 aromatic heterocycles. The number of aromatic nitrogens is 1. The number of halogens is 1. The molecule has 0 aliphatic rings. The molecule has 0 atom stereocenters. The lowest BCUT2D eigenvalue weighted by Gasteiger charge is -1.92. The third kappa shape index (κ3) is 1.22. The van der Waals surface area contributed by atoms with Crippen molar-refractivity contribution in [2.24, 2.45) is 0 Å². The van der Waals surface area contributed by atoms with Crippen molar-refractivity contribution < 1.29 is 9.18 Å². The fourth-order valence-corrected chi connectivity index (χ4v) is 1.39. The number of carbonyl (C=O) groups excluding carboxylic acids is 1. The van der Waals surface area contributed by atoms with E-state index in [2.05, 4.69) is 4.98 Å². The topological polar surface area (TPSA) is 32.9 Å². The minimum atomic E-state index is -0.301. The molecular weight excluding hydrogens is 169 g/mol. The van der Waals surface area contributed by atoms with E-state index in [0.29, 0.717) is 11.1 Å². The van der Waals surface area contributed by atoms with E-state index in [9.17, 15) is 9.18 Å². The monoisotopic (exact) mass is 177 g/mol. The van der Waals surface area contributed by atoms with E-state index < -0.39 is 0 Å². The van der Waals surface area contributed by atoms with E-state index >= 15 is 0 Å². The number of hydrogen-bond donors (Lipinski definition) is 1. The number of carbonyl (C=O) groups is 1. The van der Waals surface area contributed by atoms with Crippen LogP contribution in [0.2, 0.25) is 0 Å². The second kappa shape index (κ2) is 2.69. The molecule has 0 radical (unpaired) electrons. The van der Waals surface area contributed by atoms with Crippen molar-refractivity contribution >= 4 is 16.7 Å². The summed E-state index contributed by atoms with van der Waals surface area (Å²) in [7, 11) is 0. The van der Waals surface area contributed by atoms with Gasteiger partial charge in [-0.2, -0.15) is 0 Å². The second-order valence-electron chi connectivity index (χ2n) is 2.95. The van der Waals surface area contributed by atoms with Crippen molar-refractivity contribution in [1.82, 2.24) is 4.98 Å². The Kier molecular flexibility index (Phi) is 1.65. The van der Waals surface area contributed by atoms with Gasteiger partial charge in [-0.25, -0.2) is 4.39 Å². The van der Waals surface area contributed by atoms with Gasteiger partial charge in [0.1, 0.15) is 5.82 Å². The largest absolute Gasteiger partial charge is 0.360 e. The van der Waals surface area contributed by atoms with Crippen LogP contribution >= 0.6 is 0 Å². The van der Waals surface area contributed by atoms with Crippen LogP contribution in [0.15, 0.2) is 24.4 Å². The average molecular weight is 177 g/mol. The van der Waals surface area contributed by atoms with E-state index in [4.69, 9.17) is 0 Å². The van der Waals surface area contributed by atoms with Gasteiger partial charge in [0.2, 0.25) is 0 Å². The van der Waals surface area contributed by atoms with Crippen LogP contribution in [0.3, 0.4) is 0 Å². The molecule has 3 heteroatoms. The van der Waals surface area contributed by atoms with Gasteiger partial charge in [-0.15, -0.1) is 0 Å². The number of ketones is 1. The summed E-state index contributed by atoms with van der Waals surface area (Å²) < 4.78 is 12.7. The minimum absolute atomic E-state index is 0.0159. The molecule has 0 saturated carbocycles. The Morgan fingerprint density at radius 1 is 1.46 bits per heavy atom. The standard InChI is InChI=1S/C10H8FNO/c1-6(13)9-5-12-10-4-7(11)2-3-8(9)10/h2-5,12H,1H3. The van der Waals surface area contributed by atoms with Gasteiger partial charge in [-0.05, 0) is 25.1 Å². The summed E-state index contributed by atoms with van der Waals surface area (Å²) in [5.41, 5.74) is 1.26. The molecule has 13 heavy (non-hydrogen) atoms. The van der Waals surface area contributed by atoms with Crippen molar-refractivity contribution in [3.05, 3.63) is 35.8 Å². The maximum absolute atomic E-state index is 12.7. The zero-order valence-electron chi connectivity index (χ0n) is 7.10. The SMILES string of the molecule is CC(=O)c1c[nH]c2cc(F)ccc12. The zero-order chi connectivity index (χ0) is 9.42. The summed E-state index contributed by atoms with van der Waals surface area (Å²) in [6, 6.07) is 4.34. The first-order valence-electron chi connectivity index (χ1n) is 3.96. The third-order valence-corrected chi connectivity index (χ3v) is 2.02. The molecule has 66 valence electrons. The summed E-state index contributed by atoms with van der Waals surface area (Å²) in [4.78, 5) is 13.9. The first-order chi connectivity index (χ1) is 6.18. The molecular formula is C10H8FNO. The molecule has 2 aromatic rings. The lowest BCUT2D eigenvalue weighted by Crippen LogP contribution is -1.88. The van der Waals surface area contributed by atoms with E-state index in [-0.39, 0.29) is 11.6 Å². The molecule has 1 heterocycles. The molecule has 0 bridgehead atoms. The number of H-pyrrole nitrogens is 1. The lowest BCUT2D eigenvalue weighted by atomic mass is 10.1. The van der Waals surface area contributed by atoms with Crippen LogP contribution < -0.4 is 0 Å². The third-order valence-electron chi connectivity index (χ3n) is 2.02. The zero-order valence-corrected chi connectivity index (χ0v) is 7.10. The number of aromatic amines is 1. The molecule has 0 amide bonds. The van der Waals surface area contributed by atoms with E-state index in [1.165, 1.54) is 19.1 Å². The van der Waals surface area contributed by atoms with Crippen molar-refractivity contribution in [1.29, 1.82) is 0 Å². The highest BCUT2D eigenvalue weighted by atomic mass is 19.1. The Labute approximate surface area is 74.4 Å². The number of benzene rings is 1. The van der Waals surface area contributed by atoms with Crippen LogP contribution in [0.1, 0.15) is 17.3 Å². The van der Waals surface area contributed by atoms with Crippen molar-refractivity contribution in [2.45, 2.75) is 6.92 Å². The van der Waals surface area contributed by atoms with Gasteiger partial charge in [-0.3, -0.25) is 4.79 Å². The lowest BCUT2D eigenvalue weighted by molar-refractivity contribution is 0.101. The first-order valence-corrected chi connectivity index (χ1v) is 3.96. The Morgan fingerprint density at radius 3 is 2.92 bits per heavy atom. The van der Waals surface area contributed by atoms with Gasteiger partial charge < -0.3 is 4.98 Å². The summed E-state index contributed by atoms with van der Waals surface area (Å²) in [5.74, 6) is -0.317. The van der Waals surface area contributed by atoms with Crippen molar-refractivity contribution in [3.8, 4) is 0 Å². The minimum Gasteiger partial charge on any atom is -0.360 e. The highest BCUT2D eigenvalue weighted by Crippen LogP contribution is 2.19. The summed E-state index contributed by atoms with van der Waals surface area (Å²) in [6.07, 6.45) is 1.60. The smallest absolute Gasteiger partial charge is 0.161 e. The predicted octanol–water partition coefficient (Wildman–Crippen LogP) is 2.51. The maximum Gasteiger partial charge on any atom is 0.161 e. The van der Waals surface area contributed by atoms with Crippen molar-refractivity contribution in [3.63, 3.8) is 0 Å². The van der Waals surface area contributed by atoms with E-state index in [0.717, 1.165) is 5.39 Å². The molecule has 1 aromatic carbocycles. The van der Waals surface area contributed by atoms with Gasteiger partial charge in [0.15, 0.2) is 5.78 Å². The molecule has 2 nitrogen and oxygen atoms in total. The Hall–Kier alpha value is -1.64. The molecule has 0 unspecified atom stereocenters. The van der Waals surface area contributed by atoms with Crippen LogP contribution in [0.4, 0.5) is 4.39 Å². The number of fused-ring (bicyclic) bond motifs is 1. The molecule has 2 rings (SSSR count). The van der Waals surface area contributed by atoms with Crippen LogP contribution in [-0.2, 0) is 0 Å². The fourth-order valence-electron chi connectivity index (χ4n) is 1.39. The maximum atomic E-state index is 12.7. The Bertz CT molecular complexity index is 473. The van der Waals surface area contributed by atoms with Gasteiger partial charge in [0, 0.05) is 22.7 Å².